The lowest BCUT2D eigenvalue weighted by atomic mass is 10.1. The molecule has 8 nitrogen and oxygen atoms in total. The summed E-state index contributed by atoms with van der Waals surface area (Å²) in [5.74, 6) is 0.947. The average Bonchev–Trinajstić information content (AvgIpc) is 3.24. The molecule has 3 N–H and O–H groups in total. The van der Waals surface area contributed by atoms with E-state index in [1.807, 2.05) is 70.2 Å². The van der Waals surface area contributed by atoms with Gasteiger partial charge < -0.3 is 15.5 Å². The zero-order chi connectivity index (χ0) is 22.1. The van der Waals surface area contributed by atoms with Crippen LogP contribution in [0, 0.1) is 27.7 Å². The van der Waals surface area contributed by atoms with Gasteiger partial charge in [0.1, 0.15) is 11.5 Å². The number of carbonyl (C=O) groups is 1. The third kappa shape index (κ3) is 4.32. The topological polar surface area (TPSA) is 112 Å². The van der Waals surface area contributed by atoms with E-state index >= 15 is 0 Å². The van der Waals surface area contributed by atoms with Crippen LogP contribution in [0.4, 0.5) is 11.5 Å². The van der Waals surface area contributed by atoms with E-state index in [1.54, 1.807) is 0 Å². The largest absolute Gasteiger partial charge is 0.441 e. The van der Waals surface area contributed by atoms with Crippen molar-refractivity contribution in [3.05, 3.63) is 76.3 Å². The number of nitrogens with zero attached hydrogens (tertiary/aromatic N) is 4. The number of carbonyl (C=O) groups excluding carboxylic acids is 1. The van der Waals surface area contributed by atoms with Crippen molar-refractivity contribution in [1.82, 2.24) is 20.0 Å². The van der Waals surface area contributed by atoms with Crippen LogP contribution >= 0.6 is 0 Å². The first kappa shape index (κ1) is 20.3. The van der Waals surface area contributed by atoms with Crippen LogP contribution in [-0.4, -0.2) is 25.9 Å². The number of benzene rings is 2. The minimum atomic E-state index is -0.411. The molecule has 1 amide bonds. The number of nitrogen functional groups attached to an aromatic ring is 1. The zero-order valence-corrected chi connectivity index (χ0v) is 17.9. The molecule has 0 radical (unpaired) electrons. The van der Waals surface area contributed by atoms with Gasteiger partial charge in [0.15, 0.2) is 11.5 Å². The van der Waals surface area contributed by atoms with Crippen LogP contribution in [0.25, 0.3) is 11.5 Å². The van der Waals surface area contributed by atoms with Gasteiger partial charge in [0, 0.05) is 11.3 Å². The predicted molar refractivity (Wildman–Crippen MR) is 119 cm³/mol. The third-order valence-corrected chi connectivity index (χ3v) is 4.93. The van der Waals surface area contributed by atoms with Gasteiger partial charge in [-0.15, -0.1) is 5.10 Å². The van der Waals surface area contributed by atoms with Crippen molar-refractivity contribution in [3.8, 4) is 11.5 Å². The van der Waals surface area contributed by atoms with Crippen LogP contribution in [0.2, 0.25) is 0 Å². The summed E-state index contributed by atoms with van der Waals surface area (Å²) in [6.07, 6.45) is 0. The van der Waals surface area contributed by atoms with Gasteiger partial charge in [-0.25, -0.2) is 9.67 Å². The maximum atomic E-state index is 12.7. The summed E-state index contributed by atoms with van der Waals surface area (Å²) in [7, 11) is 0. The van der Waals surface area contributed by atoms with Gasteiger partial charge in [-0.05, 0) is 63.1 Å². The Labute approximate surface area is 180 Å². The molecule has 0 aliphatic carbocycles. The molecule has 8 heteroatoms. The Morgan fingerprint density at radius 2 is 1.81 bits per heavy atom. The monoisotopic (exact) mass is 416 g/mol. The predicted octanol–water partition coefficient (Wildman–Crippen LogP) is 4.05. The van der Waals surface area contributed by atoms with Gasteiger partial charge in [0.05, 0.1) is 6.54 Å². The molecule has 0 spiro atoms. The highest BCUT2D eigenvalue weighted by Gasteiger charge is 2.20. The van der Waals surface area contributed by atoms with Gasteiger partial charge in [0.2, 0.25) is 5.89 Å². The first-order chi connectivity index (χ1) is 14.8. The molecule has 158 valence electrons. The highest BCUT2D eigenvalue weighted by atomic mass is 16.4. The number of anilines is 2. The second-order valence-electron chi connectivity index (χ2n) is 7.70. The molecule has 2 aromatic heterocycles. The Balaban J connectivity index is 1.54. The van der Waals surface area contributed by atoms with Crippen molar-refractivity contribution in [1.29, 1.82) is 0 Å². The first-order valence-corrected chi connectivity index (χ1v) is 9.92. The van der Waals surface area contributed by atoms with Crippen molar-refractivity contribution >= 4 is 17.4 Å². The Morgan fingerprint density at radius 1 is 1.06 bits per heavy atom. The first-order valence-electron chi connectivity index (χ1n) is 9.92. The van der Waals surface area contributed by atoms with Crippen LogP contribution in [0.3, 0.4) is 0 Å². The van der Waals surface area contributed by atoms with Crippen molar-refractivity contribution in [2.45, 2.75) is 34.2 Å². The highest BCUT2D eigenvalue weighted by molar-refractivity contribution is 6.05. The summed E-state index contributed by atoms with van der Waals surface area (Å²) in [5.41, 5.74) is 11.7. The molecule has 4 rings (SSSR count). The van der Waals surface area contributed by atoms with Gasteiger partial charge in [-0.2, -0.15) is 0 Å². The standard InChI is InChI=1S/C23H24N6O2/c1-13-6-5-7-17(9-13)23-26-19(16(4)31-23)12-29-21(24)20(27-28-29)22(30)25-18-10-14(2)8-15(3)11-18/h5-11H,12,24H2,1-4H3,(H,25,30). The summed E-state index contributed by atoms with van der Waals surface area (Å²) in [6.45, 7) is 8.04. The molecule has 0 aliphatic rings. The lowest BCUT2D eigenvalue weighted by Gasteiger charge is -2.06. The van der Waals surface area contributed by atoms with E-state index in [-0.39, 0.29) is 18.1 Å². The van der Waals surface area contributed by atoms with Gasteiger partial charge >= 0.3 is 0 Å². The Hall–Kier alpha value is -3.94. The Morgan fingerprint density at radius 3 is 2.52 bits per heavy atom. The second kappa shape index (κ2) is 8.06. The smallest absolute Gasteiger partial charge is 0.280 e. The van der Waals surface area contributed by atoms with Gasteiger partial charge in [-0.3, -0.25) is 4.79 Å². The summed E-state index contributed by atoms with van der Waals surface area (Å²) >= 11 is 0. The normalized spacial score (nSPS) is 11.0. The number of amides is 1. The third-order valence-electron chi connectivity index (χ3n) is 4.93. The van der Waals surface area contributed by atoms with Crippen LogP contribution < -0.4 is 11.1 Å². The molecular formula is C23H24N6O2. The summed E-state index contributed by atoms with van der Waals surface area (Å²) < 4.78 is 7.28. The van der Waals surface area contributed by atoms with Crippen LogP contribution in [0.15, 0.2) is 46.9 Å². The molecule has 4 aromatic rings. The Bertz CT molecular complexity index is 1250. The lowest BCUT2D eigenvalue weighted by molar-refractivity contribution is 0.102. The van der Waals surface area contributed by atoms with E-state index < -0.39 is 5.91 Å². The maximum Gasteiger partial charge on any atom is 0.280 e. The van der Waals surface area contributed by atoms with Crippen molar-refractivity contribution < 1.29 is 9.21 Å². The fourth-order valence-electron chi connectivity index (χ4n) is 3.45. The molecule has 2 aromatic carbocycles. The molecule has 2 heterocycles. The average molecular weight is 416 g/mol. The van der Waals surface area contributed by atoms with Gasteiger partial charge in [0.25, 0.3) is 5.91 Å². The quantitative estimate of drug-likeness (QED) is 0.508. The summed E-state index contributed by atoms with van der Waals surface area (Å²) in [6, 6.07) is 13.7. The number of hydrogen-bond acceptors (Lipinski definition) is 6. The number of aromatic nitrogens is 4. The molecule has 0 saturated heterocycles. The van der Waals surface area contributed by atoms with E-state index in [1.165, 1.54) is 4.68 Å². The molecule has 0 fully saturated rings. The lowest BCUT2D eigenvalue weighted by Crippen LogP contribution is -2.15. The summed E-state index contributed by atoms with van der Waals surface area (Å²) in [5, 5.41) is 10.9. The fourth-order valence-corrected chi connectivity index (χ4v) is 3.45. The highest BCUT2D eigenvalue weighted by Crippen LogP contribution is 2.24. The van der Waals surface area contributed by atoms with Crippen molar-refractivity contribution in [2.75, 3.05) is 11.1 Å². The van der Waals surface area contributed by atoms with E-state index in [0.29, 0.717) is 23.0 Å². The van der Waals surface area contributed by atoms with E-state index in [0.717, 1.165) is 22.3 Å². The van der Waals surface area contributed by atoms with E-state index in [4.69, 9.17) is 10.2 Å². The molecule has 31 heavy (non-hydrogen) atoms. The SMILES string of the molecule is Cc1cc(C)cc(NC(=O)c2nnn(Cc3nc(-c4cccc(C)c4)oc3C)c2N)c1. The molecule has 0 atom stereocenters. The van der Waals surface area contributed by atoms with Crippen LogP contribution in [0.1, 0.15) is 38.6 Å². The number of aryl methyl sites for hydroxylation is 4. The number of oxazole rings is 1. The zero-order valence-electron chi connectivity index (χ0n) is 17.9. The van der Waals surface area contributed by atoms with Crippen LogP contribution in [-0.2, 0) is 6.54 Å². The van der Waals surface area contributed by atoms with Crippen molar-refractivity contribution in [3.63, 3.8) is 0 Å². The molecule has 0 unspecified atom stereocenters. The molecular weight excluding hydrogens is 392 g/mol. The summed E-state index contributed by atoms with van der Waals surface area (Å²) in [4.78, 5) is 17.3. The second-order valence-corrected chi connectivity index (χ2v) is 7.70. The number of nitrogens with one attached hydrogen (secondary N) is 1. The molecule has 0 aliphatic heterocycles. The van der Waals surface area contributed by atoms with E-state index in [9.17, 15) is 4.79 Å². The number of rotatable bonds is 5. The van der Waals surface area contributed by atoms with Gasteiger partial charge in [-0.1, -0.05) is 29.0 Å². The Kier molecular flexibility index (Phi) is 5.29. The fraction of sp³-hybridized carbons (Fsp3) is 0.217. The molecule has 0 saturated carbocycles. The van der Waals surface area contributed by atoms with E-state index in [2.05, 4.69) is 20.6 Å². The molecule has 0 bridgehead atoms. The minimum absolute atomic E-state index is 0.0687. The number of nitrogens with two attached hydrogens (primary N) is 1. The number of hydrogen-bond donors (Lipinski definition) is 2. The van der Waals surface area contributed by atoms with Crippen molar-refractivity contribution in [2.24, 2.45) is 0 Å². The maximum absolute atomic E-state index is 12.7. The van der Waals surface area contributed by atoms with Crippen LogP contribution in [0.5, 0.6) is 0 Å². The minimum Gasteiger partial charge on any atom is -0.441 e.